The summed E-state index contributed by atoms with van der Waals surface area (Å²) in [5, 5.41) is 8.69. The number of likely N-dealkylation sites (N-methyl/N-ethyl adjacent to an activating group) is 1. The third kappa shape index (κ3) is 4.38. The largest absolute Gasteiger partial charge is 0.395 e. The van der Waals surface area contributed by atoms with Crippen LogP contribution in [0.1, 0.15) is 33.1 Å². The van der Waals surface area contributed by atoms with Crippen LogP contribution in [0.5, 0.6) is 0 Å². The lowest BCUT2D eigenvalue weighted by atomic mass is 10.2. The molecule has 0 bridgehead atoms. The second kappa shape index (κ2) is 6.62. The molecule has 1 N–H and O–H groups in total. The van der Waals surface area contributed by atoms with Gasteiger partial charge in [-0.2, -0.15) is 0 Å². The quantitative estimate of drug-likeness (QED) is 0.626. The molecule has 0 amide bonds. The van der Waals surface area contributed by atoms with Crippen molar-refractivity contribution in [3.63, 3.8) is 0 Å². The van der Waals surface area contributed by atoms with Gasteiger partial charge in [0.05, 0.1) is 6.61 Å². The number of hydrogen-bond acceptors (Lipinski definition) is 2. The van der Waals surface area contributed by atoms with Crippen LogP contribution in [0.4, 0.5) is 0 Å². The van der Waals surface area contributed by atoms with Crippen LogP contribution in [0.25, 0.3) is 0 Å². The number of nitrogens with zero attached hydrogens (tertiary/aromatic N) is 1. The molecule has 1 rings (SSSR count). The number of aliphatic hydroxyl groups excluding tert-OH is 1. The maximum atomic E-state index is 8.69. The highest BCUT2D eigenvalue weighted by Gasteiger charge is 2.18. The van der Waals surface area contributed by atoms with Crippen molar-refractivity contribution in [1.82, 2.24) is 4.90 Å². The van der Waals surface area contributed by atoms with Crippen LogP contribution < -0.4 is 0 Å². The first-order valence-electron chi connectivity index (χ1n) is 4.57. The Bertz CT molecular complexity index is 85.6. The van der Waals surface area contributed by atoms with Gasteiger partial charge in [0, 0.05) is 6.04 Å². The molecule has 0 aromatic heterocycles. The number of rotatable bonds is 1. The van der Waals surface area contributed by atoms with Gasteiger partial charge in [0.25, 0.3) is 0 Å². The second-order valence-corrected chi connectivity index (χ2v) is 3.17. The van der Waals surface area contributed by atoms with Gasteiger partial charge in [0.1, 0.15) is 0 Å². The van der Waals surface area contributed by atoms with Gasteiger partial charge in [-0.05, 0) is 26.4 Å². The molecule has 1 saturated heterocycles. The van der Waals surface area contributed by atoms with Crippen LogP contribution in [-0.4, -0.2) is 36.2 Å². The van der Waals surface area contributed by atoms with Crippen LogP contribution in [0.15, 0.2) is 0 Å². The topological polar surface area (TPSA) is 23.5 Å². The molecule has 0 saturated carbocycles. The zero-order valence-electron chi connectivity index (χ0n) is 8.01. The van der Waals surface area contributed by atoms with E-state index in [9.17, 15) is 0 Å². The lowest BCUT2D eigenvalue weighted by molar-refractivity contribution is 0.182. The van der Waals surface area contributed by atoms with E-state index >= 15 is 0 Å². The van der Waals surface area contributed by atoms with E-state index in [1.165, 1.54) is 19.3 Å². The Kier molecular flexibility index (Phi) is 6.57. The van der Waals surface area contributed by atoms with E-state index in [2.05, 4.69) is 25.8 Å². The monoisotopic (exact) mass is 159 g/mol. The van der Waals surface area contributed by atoms with Crippen LogP contribution in [0.3, 0.4) is 0 Å². The highest BCUT2D eigenvalue weighted by Crippen LogP contribution is 2.12. The predicted octanol–water partition coefficient (Wildman–Crippen LogP) is 1.49. The van der Waals surface area contributed by atoms with Gasteiger partial charge in [-0.25, -0.2) is 0 Å². The molecule has 68 valence electrons. The minimum Gasteiger partial charge on any atom is -0.395 e. The molecule has 0 aliphatic carbocycles. The lowest BCUT2D eigenvalue weighted by Gasteiger charge is -2.15. The van der Waals surface area contributed by atoms with Crippen molar-refractivity contribution in [1.29, 1.82) is 0 Å². The summed E-state index contributed by atoms with van der Waals surface area (Å²) >= 11 is 0. The molecule has 0 radical (unpaired) electrons. The van der Waals surface area contributed by atoms with Crippen molar-refractivity contribution >= 4 is 0 Å². The summed E-state index contributed by atoms with van der Waals surface area (Å²) in [5.41, 5.74) is 0. The zero-order valence-corrected chi connectivity index (χ0v) is 8.01. The second-order valence-electron chi connectivity index (χ2n) is 3.17. The Balaban J connectivity index is 0.000000292. The molecule has 1 unspecified atom stereocenters. The van der Waals surface area contributed by atoms with Crippen LogP contribution in [-0.2, 0) is 0 Å². The fraction of sp³-hybridized carbons (Fsp3) is 1.00. The molecule has 0 aromatic carbocycles. The molecular formula is C9H21NO. The van der Waals surface area contributed by atoms with Crippen molar-refractivity contribution in [2.45, 2.75) is 39.2 Å². The Morgan fingerprint density at radius 2 is 2.00 bits per heavy atom. The summed E-state index contributed by atoms with van der Waals surface area (Å²) in [5.74, 6) is 0. The highest BCUT2D eigenvalue weighted by atomic mass is 16.3. The SMILES string of the molecule is CCC.CN1CCCC1CO. The fourth-order valence-electron chi connectivity index (χ4n) is 1.21. The van der Waals surface area contributed by atoms with Crippen LogP contribution >= 0.6 is 0 Å². The summed E-state index contributed by atoms with van der Waals surface area (Å²) in [7, 11) is 2.06. The molecule has 1 heterocycles. The van der Waals surface area contributed by atoms with Gasteiger partial charge < -0.3 is 10.0 Å². The Hall–Kier alpha value is -0.0800. The molecule has 2 nitrogen and oxygen atoms in total. The predicted molar refractivity (Wildman–Crippen MR) is 48.7 cm³/mol. The van der Waals surface area contributed by atoms with Gasteiger partial charge in [0.2, 0.25) is 0 Å². The molecule has 1 aliphatic heterocycles. The minimum atomic E-state index is 0.330. The van der Waals surface area contributed by atoms with Gasteiger partial charge >= 0.3 is 0 Å². The summed E-state index contributed by atoms with van der Waals surface area (Å²) in [6, 6.07) is 0.454. The average Bonchev–Trinajstić information content (AvgIpc) is 2.36. The number of hydrogen-bond donors (Lipinski definition) is 1. The Labute approximate surface area is 70.2 Å². The minimum absolute atomic E-state index is 0.330. The average molecular weight is 159 g/mol. The van der Waals surface area contributed by atoms with Crippen molar-refractivity contribution in [3.8, 4) is 0 Å². The highest BCUT2D eigenvalue weighted by molar-refractivity contribution is 4.74. The van der Waals surface area contributed by atoms with Crippen molar-refractivity contribution in [2.75, 3.05) is 20.2 Å². The smallest absolute Gasteiger partial charge is 0.0586 e. The molecule has 1 atom stereocenters. The molecule has 0 aromatic rings. The summed E-state index contributed by atoms with van der Waals surface area (Å²) < 4.78 is 0. The van der Waals surface area contributed by atoms with E-state index in [-0.39, 0.29) is 0 Å². The van der Waals surface area contributed by atoms with Gasteiger partial charge in [0.15, 0.2) is 0 Å². The van der Waals surface area contributed by atoms with E-state index in [4.69, 9.17) is 5.11 Å². The third-order valence-corrected chi connectivity index (χ3v) is 1.88. The Morgan fingerprint density at radius 3 is 2.18 bits per heavy atom. The van der Waals surface area contributed by atoms with Crippen LogP contribution in [0, 0.1) is 0 Å². The maximum Gasteiger partial charge on any atom is 0.0586 e. The maximum absolute atomic E-state index is 8.69. The number of likely N-dealkylation sites (tertiary alicyclic amines) is 1. The van der Waals surface area contributed by atoms with Crippen LogP contribution in [0.2, 0.25) is 0 Å². The molecular weight excluding hydrogens is 138 g/mol. The first-order chi connectivity index (χ1) is 5.26. The van der Waals surface area contributed by atoms with Crippen molar-refractivity contribution in [3.05, 3.63) is 0 Å². The van der Waals surface area contributed by atoms with Crippen molar-refractivity contribution < 1.29 is 5.11 Å². The molecule has 11 heavy (non-hydrogen) atoms. The van der Waals surface area contributed by atoms with E-state index < -0.39 is 0 Å². The molecule has 0 spiro atoms. The lowest BCUT2D eigenvalue weighted by Crippen LogP contribution is -2.27. The Morgan fingerprint density at radius 1 is 1.45 bits per heavy atom. The van der Waals surface area contributed by atoms with E-state index in [1.54, 1.807) is 0 Å². The summed E-state index contributed by atoms with van der Waals surface area (Å²) in [6.45, 7) is 5.74. The molecule has 2 heteroatoms. The molecule has 1 fully saturated rings. The van der Waals surface area contributed by atoms with E-state index in [0.717, 1.165) is 6.54 Å². The first kappa shape index (κ1) is 10.9. The zero-order chi connectivity index (χ0) is 8.69. The normalized spacial score (nSPS) is 24.5. The van der Waals surface area contributed by atoms with Gasteiger partial charge in [-0.15, -0.1) is 0 Å². The number of aliphatic hydroxyl groups is 1. The summed E-state index contributed by atoms with van der Waals surface area (Å²) in [4.78, 5) is 2.21. The fourth-order valence-corrected chi connectivity index (χ4v) is 1.21. The van der Waals surface area contributed by atoms with E-state index in [0.29, 0.717) is 12.6 Å². The molecule has 1 aliphatic rings. The third-order valence-electron chi connectivity index (χ3n) is 1.88. The van der Waals surface area contributed by atoms with Gasteiger partial charge in [-0.1, -0.05) is 20.3 Å². The standard InChI is InChI=1S/C6H13NO.C3H8/c1-7-4-2-3-6(7)5-8;1-3-2/h6,8H,2-5H2,1H3;3H2,1-2H3. The summed E-state index contributed by atoms with van der Waals surface area (Å²) in [6.07, 6.45) is 3.68. The van der Waals surface area contributed by atoms with E-state index in [1.807, 2.05) is 0 Å². The van der Waals surface area contributed by atoms with Gasteiger partial charge in [-0.3, -0.25) is 0 Å². The van der Waals surface area contributed by atoms with Crippen molar-refractivity contribution in [2.24, 2.45) is 0 Å². The first-order valence-corrected chi connectivity index (χ1v) is 4.57.